The van der Waals surface area contributed by atoms with Crippen LogP contribution in [0.15, 0.2) is 65.8 Å². The van der Waals surface area contributed by atoms with Crippen LogP contribution in [0.5, 0.6) is 0 Å². The van der Waals surface area contributed by atoms with Crippen molar-refractivity contribution in [3.8, 4) is 11.1 Å². The highest BCUT2D eigenvalue weighted by Crippen LogP contribution is 2.19. The van der Waals surface area contributed by atoms with Crippen molar-refractivity contribution < 1.29 is 13.2 Å². The maximum Gasteiger partial charge on any atom is 0.240 e. The van der Waals surface area contributed by atoms with Gasteiger partial charge in [-0.3, -0.25) is 9.48 Å². The minimum absolute atomic E-state index is 0.161. The standard InChI is InChI=1S/C20H22N4O3S/c1-15(25)23-19-7-9-20(10-8-19)28(26,27)22-12-11-16-3-5-17(6-4-16)18-13-21-24(2)14-18/h3-10,13-14,22H,11-12H2,1-2H3,(H,23,25). The van der Waals surface area contributed by atoms with Crippen LogP contribution in [-0.2, 0) is 28.3 Å². The molecule has 146 valence electrons. The molecule has 28 heavy (non-hydrogen) atoms. The van der Waals surface area contributed by atoms with E-state index in [1.54, 1.807) is 23.0 Å². The summed E-state index contributed by atoms with van der Waals surface area (Å²) in [5.41, 5.74) is 3.70. The van der Waals surface area contributed by atoms with Gasteiger partial charge in [0.25, 0.3) is 0 Å². The number of benzene rings is 2. The zero-order valence-electron chi connectivity index (χ0n) is 15.7. The summed E-state index contributed by atoms with van der Waals surface area (Å²) in [4.78, 5) is 11.2. The number of carbonyl (C=O) groups excluding carboxylic acids is 1. The monoisotopic (exact) mass is 398 g/mol. The molecule has 8 heteroatoms. The van der Waals surface area contributed by atoms with Crippen molar-refractivity contribution in [2.45, 2.75) is 18.2 Å². The van der Waals surface area contributed by atoms with E-state index in [1.807, 2.05) is 37.5 Å². The number of rotatable bonds is 7. The molecule has 0 bridgehead atoms. The lowest BCUT2D eigenvalue weighted by atomic mass is 10.1. The minimum Gasteiger partial charge on any atom is -0.326 e. The van der Waals surface area contributed by atoms with Gasteiger partial charge in [-0.25, -0.2) is 13.1 Å². The van der Waals surface area contributed by atoms with E-state index < -0.39 is 10.0 Å². The van der Waals surface area contributed by atoms with Gasteiger partial charge in [0.2, 0.25) is 15.9 Å². The number of carbonyl (C=O) groups is 1. The average molecular weight is 398 g/mol. The van der Waals surface area contributed by atoms with Gasteiger partial charge < -0.3 is 5.32 Å². The fourth-order valence-electron chi connectivity index (χ4n) is 2.77. The summed E-state index contributed by atoms with van der Waals surface area (Å²) < 4.78 is 29.1. The van der Waals surface area contributed by atoms with E-state index in [0.29, 0.717) is 18.7 Å². The summed E-state index contributed by atoms with van der Waals surface area (Å²) in [7, 11) is -1.73. The molecular formula is C20H22N4O3S. The van der Waals surface area contributed by atoms with Crippen LogP contribution in [0.2, 0.25) is 0 Å². The van der Waals surface area contributed by atoms with Crippen molar-refractivity contribution in [2.24, 2.45) is 7.05 Å². The molecule has 0 saturated heterocycles. The molecule has 0 aliphatic carbocycles. The third-order valence-electron chi connectivity index (χ3n) is 4.18. The van der Waals surface area contributed by atoms with Gasteiger partial charge in [0.15, 0.2) is 0 Å². The van der Waals surface area contributed by atoms with Gasteiger partial charge in [-0.15, -0.1) is 0 Å². The Morgan fingerprint density at radius 2 is 1.71 bits per heavy atom. The SMILES string of the molecule is CC(=O)Nc1ccc(S(=O)(=O)NCCc2ccc(-c3cnn(C)c3)cc2)cc1. The molecule has 0 fully saturated rings. The Morgan fingerprint density at radius 1 is 1.04 bits per heavy atom. The predicted molar refractivity (Wildman–Crippen MR) is 108 cm³/mol. The number of aromatic nitrogens is 2. The number of sulfonamides is 1. The smallest absolute Gasteiger partial charge is 0.240 e. The summed E-state index contributed by atoms with van der Waals surface area (Å²) in [5, 5.41) is 6.77. The first-order chi connectivity index (χ1) is 13.3. The highest BCUT2D eigenvalue weighted by molar-refractivity contribution is 7.89. The molecular weight excluding hydrogens is 376 g/mol. The van der Waals surface area contributed by atoms with Gasteiger partial charge in [-0.1, -0.05) is 24.3 Å². The molecule has 1 heterocycles. The molecule has 0 spiro atoms. The molecule has 7 nitrogen and oxygen atoms in total. The third-order valence-corrected chi connectivity index (χ3v) is 5.66. The number of hydrogen-bond donors (Lipinski definition) is 2. The van der Waals surface area contributed by atoms with Gasteiger partial charge in [-0.05, 0) is 41.8 Å². The van der Waals surface area contributed by atoms with Crippen molar-refractivity contribution >= 4 is 21.6 Å². The number of nitrogens with one attached hydrogen (secondary N) is 2. The Bertz CT molecular complexity index is 1060. The van der Waals surface area contributed by atoms with Crippen molar-refractivity contribution in [3.63, 3.8) is 0 Å². The fraction of sp³-hybridized carbons (Fsp3) is 0.200. The van der Waals surface area contributed by atoms with E-state index >= 15 is 0 Å². The Kier molecular flexibility index (Phi) is 5.91. The van der Waals surface area contributed by atoms with Gasteiger partial charge in [-0.2, -0.15) is 5.10 Å². The lowest BCUT2D eigenvalue weighted by Crippen LogP contribution is -2.26. The largest absolute Gasteiger partial charge is 0.326 e. The molecule has 2 aromatic carbocycles. The molecule has 2 N–H and O–H groups in total. The van der Waals surface area contributed by atoms with Crippen LogP contribution in [0, 0.1) is 0 Å². The van der Waals surface area contributed by atoms with Crippen molar-refractivity contribution in [1.82, 2.24) is 14.5 Å². The zero-order chi connectivity index (χ0) is 20.1. The van der Waals surface area contributed by atoms with Crippen molar-refractivity contribution in [1.29, 1.82) is 0 Å². The lowest BCUT2D eigenvalue weighted by Gasteiger charge is -2.08. The van der Waals surface area contributed by atoms with Crippen LogP contribution in [-0.4, -0.2) is 30.7 Å². The van der Waals surface area contributed by atoms with E-state index in [1.165, 1.54) is 19.1 Å². The molecule has 3 aromatic rings. The van der Waals surface area contributed by atoms with E-state index in [4.69, 9.17) is 0 Å². The average Bonchev–Trinajstić information content (AvgIpc) is 3.08. The molecule has 0 aliphatic heterocycles. The quantitative estimate of drug-likeness (QED) is 0.640. The van der Waals surface area contributed by atoms with E-state index in [0.717, 1.165) is 16.7 Å². The van der Waals surface area contributed by atoms with Crippen LogP contribution in [0.1, 0.15) is 12.5 Å². The van der Waals surface area contributed by atoms with Gasteiger partial charge >= 0.3 is 0 Å². The fourth-order valence-corrected chi connectivity index (χ4v) is 3.80. The van der Waals surface area contributed by atoms with Crippen LogP contribution < -0.4 is 10.0 Å². The predicted octanol–water partition coefficient (Wildman–Crippen LogP) is 2.57. The molecule has 0 radical (unpaired) electrons. The van der Waals surface area contributed by atoms with Crippen LogP contribution in [0.4, 0.5) is 5.69 Å². The highest BCUT2D eigenvalue weighted by Gasteiger charge is 2.13. The van der Waals surface area contributed by atoms with E-state index in [9.17, 15) is 13.2 Å². The van der Waals surface area contributed by atoms with Gasteiger partial charge in [0.1, 0.15) is 0 Å². The van der Waals surface area contributed by atoms with Crippen LogP contribution in [0.25, 0.3) is 11.1 Å². The minimum atomic E-state index is -3.60. The molecule has 1 amide bonds. The summed E-state index contributed by atoms with van der Waals surface area (Å²) >= 11 is 0. The maximum atomic E-state index is 12.4. The normalized spacial score (nSPS) is 11.4. The van der Waals surface area contributed by atoms with E-state index in [2.05, 4.69) is 15.1 Å². The molecule has 0 saturated carbocycles. The van der Waals surface area contributed by atoms with Crippen LogP contribution in [0.3, 0.4) is 0 Å². The maximum absolute atomic E-state index is 12.4. The Labute approximate surface area is 164 Å². The third kappa shape index (κ3) is 5.05. The zero-order valence-corrected chi connectivity index (χ0v) is 16.5. The Balaban J connectivity index is 1.57. The van der Waals surface area contributed by atoms with Crippen LogP contribution >= 0.6 is 0 Å². The first-order valence-electron chi connectivity index (χ1n) is 8.79. The number of amides is 1. The highest BCUT2D eigenvalue weighted by atomic mass is 32.2. The Hall–Kier alpha value is -2.97. The summed E-state index contributed by atoms with van der Waals surface area (Å²) in [6.07, 6.45) is 4.33. The van der Waals surface area contributed by atoms with Crippen molar-refractivity contribution in [3.05, 3.63) is 66.5 Å². The summed E-state index contributed by atoms with van der Waals surface area (Å²) in [6, 6.07) is 14.0. The number of hydrogen-bond acceptors (Lipinski definition) is 4. The first-order valence-corrected chi connectivity index (χ1v) is 10.3. The van der Waals surface area contributed by atoms with Gasteiger partial charge in [0, 0.05) is 38.0 Å². The number of anilines is 1. The van der Waals surface area contributed by atoms with E-state index in [-0.39, 0.29) is 10.8 Å². The molecule has 3 rings (SSSR count). The second-order valence-electron chi connectivity index (χ2n) is 6.45. The summed E-state index contributed by atoms with van der Waals surface area (Å²) in [6.45, 7) is 1.69. The molecule has 0 atom stereocenters. The van der Waals surface area contributed by atoms with Crippen molar-refractivity contribution in [2.75, 3.05) is 11.9 Å². The molecule has 1 aromatic heterocycles. The first kappa shape index (κ1) is 19.8. The lowest BCUT2D eigenvalue weighted by molar-refractivity contribution is -0.114. The number of nitrogens with zero attached hydrogens (tertiary/aromatic N) is 2. The molecule has 0 unspecified atom stereocenters. The van der Waals surface area contributed by atoms with Gasteiger partial charge in [0.05, 0.1) is 11.1 Å². The second-order valence-corrected chi connectivity index (χ2v) is 8.22. The second kappa shape index (κ2) is 8.37. The Morgan fingerprint density at radius 3 is 2.29 bits per heavy atom. The topological polar surface area (TPSA) is 93.1 Å². The summed E-state index contributed by atoms with van der Waals surface area (Å²) in [5.74, 6) is -0.205. The number of aryl methyl sites for hydroxylation is 1. The molecule has 0 aliphatic rings.